The molecule has 154 valence electrons. The maximum atomic E-state index is 5.25. The Morgan fingerprint density at radius 3 is 2.75 bits per heavy atom. The van der Waals surface area contributed by atoms with Crippen LogP contribution in [0.2, 0.25) is 0 Å². The first kappa shape index (κ1) is 20.9. The van der Waals surface area contributed by atoms with Crippen LogP contribution in [-0.4, -0.2) is 60.1 Å². The lowest BCUT2D eigenvalue weighted by Gasteiger charge is -2.34. The molecule has 0 radical (unpaired) electrons. The minimum Gasteiger partial charge on any atom is -0.497 e. The van der Waals surface area contributed by atoms with Gasteiger partial charge in [0.05, 0.1) is 12.8 Å². The van der Waals surface area contributed by atoms with E-state index in [9.17, 15) is 0 Å². The zero-order valence-electron chi connectivity index (χ0n) is 18.0. The van der Waals surface area contributed by atoms with Gasteiger partial charge in [-0.2, -0.15) is 0 Å². The third-order valence-corrected chi connectivity index (χ3v) is 5.84. The van der Waals surface area contributed by atoms with Gasteiger partial charge in [-0.25, -0.2) is 4.98 Å². The number of H-pyrrole nitrogens is 1. The van der Waals surface area contributed by atoms with E-state index < -0.39 is 0 Å². The lowest BCUT2D eigenvalue weighted by Crippen LogP contribution is -2.40. The number of piperidine rings is 1. The molecule has 3 rings (SSSR count). The van der Waals surface area contributed by atoms with Gasteiger partial charge in [-0.05, 0) is 63.4 Å². The van der Waals surface area contributed by atoms with Crippen LogP contribution in [0.15, 0.2) is 24.3 Å². The van der Waals surface area contributed by atoms with E-state index in [0.29, 0.717) is 0 Å². The molecule has 1 aliphatic heterocycles. The summed E-state index contributed by atoms with van der Waals surface area (Å²) < 4.78 is 5.25. The zero-order valence-corrected chi connectivity index (χ0v) is 18.0. The Morgan fingerprint density at radius 1 is 1.29 bits per heavy atom. The molecule has 1 saturated heterocycles. The fraction of sp³-hybridized carbons (Fsp3) is 0.609. The second kappa shape index (κ2) is 10.1. The van der Waals surface area contributed by atoms with E-state index in [4.69, 9.17) is 9.72 Å². The summed E-state index contributed by atoms with van der Waals surface area (Å²) in [4.78, 5) is 13.2. The van der Waals surface area contributed by atoms with Crippen molar-refractivity contribution in [2.24, 2.45) is 5.92 Å². The highest BCUT2D eigenvalue weighted by atomic mass is 16.5. The molecule has 0 amide bonds. The molecule has 2 heterocycles. The van der Waals surface area contributed by atoms with Crippen molar-refractivity contribution in [3.63, 3.8) is 0 Å². The van der Waals surface area contributed by atoms with Gasteiger partial charge in [-0.3, -0.25) is 0 Å². The molecular formula is C23H36N4O. The molecule has 1 aromatic heterocycles. The van der Waals surface area contributed by atoms with Gasteiger partial charge >= 0.3 is 0 Å². The Hall–Kier alpha value is -1.85. The Kier molecular flexibility index (Phi) is 7.51. The number of rotatable bonds is 9. The second-order valence-corrected chi connectivity index (χ2v) is 8.21. The van der Waals surface area contributed by atoms with Gasteiger partial charge in [-0.15, -0.1) is 0 Å². The quantitative estimate of drug-likeness (QED) is 0.716. The molecule has 1 aromatic carbocycles. The largest absolute Gasteiger partial charge is 0.497 e. The highest BCUT2D eigenvalue weighted by molar-refractivity contribution is 5.27. The van der Waals surface area contributed by atoms with E-state index in [1.54, 1.807) is 7.11 Å². The van der Waals surface area contributed by atoms with Crippen molar-refractivity contribution in [2.75, 3.05) is 40.3 Å². The molecule has 0 unspecified atom stereocenters. The van der Waals surface area contributed by atoms with Crippen LogP contribution in [0.3, 0.4) is 0 Å². The van der Waals surface area contributed by atoms with Crippen molar-refractivity contribution in [3.8, 4) is 5.75 Å². The van der Waals surface area contributed by atoms with Gasteiger partial charge in [0.2, 0.25) is 0 Å². The lowest BCUT2D eigenvalue weighted by atomic mass is 9.97. The Bertz CT molecular complexity index is 725. The fourth-order valence-corrected chi connectivity index (χ4v) is 4.23. The van der Waals surface area contributed by atoms with Crippen LogP contribution in [0.25, 0.3) is 0 Å². The van der Waals surface area contributed by atoms with Crippen LogP contribution < -0.4 is 4.74 Å². The molecule has 1 aliphatic rings. The molecule has 28 heavy (non-hydrogen) atoms. The second-order valence-electron chi connectivity index (χ2n) is 8.21. The summed E-state index contributed by atoms with van der Waals surface area (Å²) in [6, 6.07) is 8.49. The maximum absolute atomic E-state index is 5.25. The molecule has 5 heteroatoms. The third kappa shape index (κ3) is 5.82. The minimum absolute atomic E-state index is 0.750. The number of benzene rings is 1. The smallest absolute Gasteiger partial charge is 0.118 e. The van der Waals surface area contributed by atoms with Crippen LogP contribution in [-0.2, 0) is 19.4 Å². The zero-order chi connectivity index (χ0) is 19.9. The van der Waals surface area contributed by atoms with Crippen LogP contribution in [0.5, 0.6) is 5.75 Å². The van der Waals surface area contributed by atoms with Crippen molar-refractivity contribution >= 4 is 0 Å². The van der Waals surface area contributed by atoms with E-state index in [1.165, 1.54) is 42.9 Å². The fourth-order valence-electron chi connectivity index (χ4n) is 4.23. The number of aromatic nitrogens is 2. The highest BCUT2D eigenvalue weighted by Gasteiger charge is 2.21. The average molecular weight is 385 g/mol. The highest BCUT2D eigenvalue weighted by Crippen LogP contribution is 2.19. The molecule has 0 bridgehead atoms. The number of nitrogens with zero attached hydrogens (tertiary/aromatic N) is 3. The molecule has 2 aromatic rings. The molecular weight excluding hydrogens is 348 g/mol. The van der Waals surface area contributed by atoms with E-state index in [1.807, 2.05) is 0 Å². The third-order valence-electron chi connectivity index (χ3n) is 5.84. The average Bonchev–Trinajstić information content (AvgIpc) is 3.06. The summed E-state index contributed by atoms with van der Waals surface area (Å²) in [5.41, 5.74) is 3.81. The topological polar surface area (TPSA) is 44.4 Å². The monoisotopic (exact) mass is 384 g/mol. The minimum atomic E-state index is 0.750. The normalized spacial score (nSPS) is 18.0. The Morgan fingerprint density at radius 2 is 2.07 bits per heavy atom. The SMILES string of the molecule is CCc1nc(CN(C)C[C@@H]2CCCN(CCc3ccc(OC)cc3)C2)c(C)[nH]1. The standard InChI is InChI=1S/C23H36N4O/c1-5-23-24-18(2)22(25-23)17-26(3)15-20-7-6-13-27(16-20)14-12-19-8-10-21(28-4)11-9-19/h8-11,20H,5-7,12-17H2,1-4H3,(H,24,25)/t20-/m0/s1. The van der Waals surface area contributed by atoms with Crippen molar-refractivity contribution in [1.82, 2.24) is 19.8 Å². The summed E-state index contributed by atoms with van der Waals surface area (Å²) in [7, 11) is 3.95. The summed E-state index contributed by atoms with van der Waals surface area (Å²) in [5, 5.41) is 0. The number of likely N-dealkylation sites (tertiary alicyclic amines) is 1. The molecule has 1 fully saturated rings. The molecule has 5 nitrogen and oxygen atoms in total. The summed E-state index contributed by atoms with van der Waals surface area (Å²) in [6.45, 7) is 9.95. The van der Waals surface area contributed by atoms with E-state index >= 15 is 0 Å². The number of aryl methyl sites for hydroxylation is 2. The molecule has 1 N–H and O–H groups in total. The Labute approximate surface area is 170 Å². The van der Waals surface area contributed by atoms with Gasteiger partial charge in [0, 0.05) is 38.3 Å². The molecule has 1 atom stereocenters. The van der Waals surface area contributed by atoms with Gasteiger partial charge in [0.15, 0.2) is 0 Å². The van der Waals surface area contributed by atoms with Crippen LogP contribution >= 0.6 is 0 Å². The van der Waals surface area contributed by atoms with Crippen molar-refractivity contribution in [2.45, 2.75) is 46.1 Å². The number of hydrogen-bond donors (Lipinski definition) is 1. The van der Waals surface area contributed by atoms with Crippen LogP contribution in [0.1, 0.15) is 42.5 Å². The van der Waals surface area contributed by atoms with Crippen molar-refractivity contribution in [3.05, 3.63) is 47.0 Å². The Balaban J connectivity index is 1.45. The first-order valence-electron chi connectivity index (χ1n) is 10.7. The van der Waals surface area contributed by atoms with Gasteiger partial charge in [-0.1, -0.05) is 19.1 Å². The van der Waals surface area contributed by atoms with Crippen LogP contribution in [0, 0.1) is 12.8 Å². The molecule has 0 saturated carbocycles. The van der Waals surface area contributed by atoms with Crippen molar-refractivity contribution in [1.29, 1.82) is 0 Å². The van der Waals surface area contributed by atoms with Crippen LogP contribution in [0.4, 0.5) is 0 Å². The van der Waals surface area contributed by atoms with E-state index in [-0.39, 0.29) is 0 Å². The number of methoxy groups -OCH3 is 1. The number of imidazole rings is 1. The molecule has 0 aliphatic carbocycles. The maximum Gasteiger partial charge on any atom is 0.118 e. The number of nitrogens with one attached hydrogen (secondary N) is 1. The van der Waals surface area contributed by atoms with E-state index in [0.717, 1.165) is 50.0 Å². The summed E-state index contributed by atoms with van der Waals surface area (Å²) in [5.74, 6) is 2.78. The summed E-state index contributed by atoms with van der Waals surface area (Å²) in [6.07, 6.45) is 4.72. The van der Waals surface area contributed by atoms with Crippen molar-refractivity contribution < 1.29 is 4.74 Å². The number of ether oxygens (including phenoxy) is 1. The number of hydrogen-bond acceptors (Lipinski definition) is 4. The van der Waals surface area contributed by atoms with Gasteiger partial charge in [0.1, 0.15) is 11.6 Å². The predicted octanol–water partition coefficient (Wildman–Crippen LogP) is 3.68. The first-order valence-corrected chi connectivity index (χ1v) is 10.7. The van der Waals surface area contributed by atoms with E-state index in [2.05, 4.69) is 59.9 Å². The predicted molar refractivity (Wildman–Crippen MR) is 115 cm³/mol. The van der Waals surface area contributed by atoms with Gasteiger partial charge < -0.3 is 19.5 Å². The van der Waals surface area contributed by atoms with Gasteiger partial charge in [0.25, 0.3) is 0 Å². The molecule has 0 spiro atoms. The first-order chi connectivity index (χ1) is 13.6. The lowest BCUT2D eigenvalue weighted by molar-refractivity contribution is 0.142. The number of aromatic amines is 1. The summed E-state index contributed by atoms with van der Waals surface area (Å²) >= 11 is 0.